The first kappa shape index (κ1) is 19.2. The molecule has 0 amide bonds. The van der Waals surface area contributed by atoms with E-state index in [4.69, 9.17) is 0 Å². The second kappa shape index (κ2) is 8.44. The maximum atomic E-state index is 10.6. The molecule has 2 aromatic carbocycles. The lowest BCUT2D eigenvalue weighted by atomic mass is 9.91. The molecule has 140 valence electrons. The third-order valence-corrected chi connectivity index (χ3v) is 8.00. The Labute approximate surface area is 160 Å². The molecule has 1 saturated heterocycles. The molecule has 1 unspecified atom stereocenters. The smallest absolute Gasteiger partial charge is 0.119 e. The first-order valence-electron chi connectivity index (χ1n) is 10.0. The molecule has 3 heteroatoms. The predicted octanol–water partition coefficient (Wildman–Crippen LogP) is 5.71. The number of aromatic hydroxyl groups is 1. The van der Waals surface area contributed by atoms with Gasteiger partial charge in [-0.05, 0) is 56.5 Å². The van der Waals surface area contributed by atoms with Crippen molar-refractivity contribution in [3.63, 3.8) is 0 Å². The summed E-state index contributed by atoms with van der Waals surface area (Å²) in [5.41, 5.74) is 3.75. The second-order valence-corrected chi connectivity index (χ2v) is 9.25. The van der Waals surface area contributed by atoms with E-state index in [1.807, 2.05) is 12.1 Å². The Morgan fingerprint density at radius 2 is 1.69 bits per heavy atom. The molecule has 0 spiro atoms. The van der Waals surface area contributed by atoms with E-state index in [2.05, 4.69) is 56.0 Å². The number of phenols is 1. The molecule has 2 aromatic rings. The van der Waals surface area contributed by atoms with Gasteiger partial charge >= 0.3 is 0 Å². The summed E-state index contributed by atoms with van der Waals surface area (Å²) >= 11 is 0. The van der Waals surface area contributed by atoms with Crippen LogP contribution in [0, 0.1) is 6.92 Å². The minimum Gasteiger partial charge on any atom is -0.508 e. The minimum absolute atomic E-state index is 0.00198. The average Bonchev–Trinajstić information content (AvgIpc) is 2.69. The van der Waals surface area contributed by atoms with Crippen LogP contribution in [-0.2, 0) is 5.16 Å². The maximum Gasteiger partial charge on any atom is 0.119 e. The minimum atomic E-state index is 0.00198. The summed E-state index contributed by atoms with van der Waals surface area (Å²) in [5, 5.41) is 12.1. The SMILES string of the molecule is CCC(CC)(Pc1ccccc1N1CCCCC1)c1cc(C)ccc1O. The molecule has 0 saturated carbocycles. The number of benzene rings is 2. The van der Waals surface area contributed by atoms with Gasteiger partial charge in [0.2, 0.25) is 0 Å². The van der Waals surface area contributed by atoms with Crippen molar-refractivity contribution in [3.8, 4) is 5.75 Å². The topological polar surface area (TPSA) is 23.5 Å². The molecule has 3 rings (SSSR count). The third kappa shape index (κ3) is 3.91. The molecule has 1 aliphatic rings. The van der Waals surface area contributed by atoms with Crippen molar-refractivity contribution in [2.24, 2.45) is 0 Å². The van der Waals surface area contributed by atoms with Gasteiger partial charge in [0.25, 0.3) is 0 Å². The number of piperidine rings is 1. The summed E-state index contributed by atoms with van der Waals surface area (Å²) in [7, 11) is 0.658. The Balaban J connectivity index is 2.00. The van der Waals surface area contributed by atoms with E-state index in [1.165, 1.54) is 48.9 Å². The lowest BCUT2D eigenvalue weighted by Gasteiger charge is -2.36. The Kier molecular flexibility index (Phi) is 6.24. The number of phenolic OH excluding ortho intramolecular Hbond substituents is 1. The van der Waals surface area contributed by atoms with Crippen LogP contribution in [0.4, 0.5) is 5.69 Å². The van der Waals surface area contributed by atoms with Gasteiger partial charge in [-0.15, -0.1) is 0 Å². The van der Waals surface area contributed by atoms with E-state index in [0.29, 0.717) is 14.3 Å². The van der Waals surface area contributed by atoms with E-state index in [9.17, 15) is 5.11 Å². The largest absolute Gasteiger partial charge is 0.508 e. The highest BCUT2D eigenvalue weighted by atomic mass is 31.1. The fraction of sp³-hybridized carbons (Fsp3) is 0.478. The van der Waals surface area contributed by atoms with Crippen LogP contribution in [0.2, 0.25) is 0 Å². The molecular weight excluding hydrogens is 337 g/mol. The zero-order chi connectivity index (χ0) is 18.6. The number of hydrogen-bond donors (Lipinski definition) is 1. The number of hydrogen-bond acceptors (Lipinski definition) is 2. The third-order valence-electron chi connectivity index (χ3n) is 5.85. The summed E-state index contributed by atoms with van der Waals surface area (Å²) in [6, 6.07) is 15.0. The van der Waals surface area contributed by atoms with Gasteiger partial charge in [0.15, 0.2) is 0 Å². The Bertz CT molecular complexity index is 733. The van der Waals surface area contributed by atoms with Crippen LogP contribution in [0.25, 0.3) is 0 Å². The van der Waals surface area contributed by atoms with E-state index >= 15 is 0 Å². The summed E-state index contributed by atoms with van der Waals surface area (Å²) in [6.45, 7) is 8.98. The molecule has 26 heavy (non-hydrogen) atoms. The molecule has 1 fully saturated rings. The van der Waals surface area contributed by atoms with Crippen molar-refractivity contribution in [2.75, 3.05) is 18.0 Å². The molecule has 2 nitrogen and oxygen atoms in total. The number of rotatable bonds is 6. The van der Waals surface area contributed by atoms with E-state index < -0.39 is 0 Å². The summed E-state index contributed by atoms with van der Waals surface area (Å²) in [5.74, 6) is 0.447. The molecule has 0 radical (unpaired) electrons. The molecule has 0 aromatic heterocycles. The molecule has 1 heterocycles. The fourth-order valence-corrected chi connectivity index (χ4v) is 5.91. The van der Waals surface area contributed by atoms with E-state index in [1.54, 1.807) is 0 Å². The highest BCUT2D eigenvalue weighted by Crippen LogP contribution is 2.51. The summed E-state index contributed by atoms with van der Waals surface area (Å²) < 4.78 is 0. The van der Waals surface area contributed by atoms with Crippen LogP contribution in [0.15, 0.2) is 42.5 Å². The van der Waals surface area contributed by atoms with Crippen LogP contribution in [0.5, 0.6) is 5.75 Å². The van der Waals surface area contributed by atoms with Gasteiger partial charge in [-0.3, -0.25) is 0 Å². The van der Waals surface area contributed by atoms with Crippen LogP contribution in [0.1, 0.15) is 57.1 Å². The van der Waals surface area contributed by atoms with E-state index in [0.717, 1.165) is 18.4 Å². The van der Waals surface area contributed by atoms with Crippen molar-refractivity contribution in [1.29, 1.82) is 0 Å². The summed E-state index contributed by atoms with van der Waals surface area (Å²) in [4.78, 5) is 2.57. The van der Waals surface area contributed by atoms with Crippen molar-refractivity contribution >= 4 is 19.6 Å². The van der Waals surface area contributed by atoms with Gasteiger partial charge in [0, 0.05) is 29.5 Å². The van der Waals surface area contributed by atoms with Gasteiger partial charge in [0.1, 0.15) is 5.75 Å². The number of para-hydroxylation sites is 1. The molecule has 1 aliphatic heterocycles. The van der Waals surface area contributed by atoms with Crippen LogP contribution in [-0.4, -0.2) is 18.2 Å². The van der Waals surface area contributed by atoms with Crippen LogP contribution in [0.3, 0.4) is 0 Å². The quantitative estimate of drug-likeness (QED) is 0.659. The lowest BCUT2D eigenvalue weighted by molar-refractivity contribution is 0.448. The highest BCUT2D eigenvalue weighted by Gasteiger charge is 2.32. The molecule has 0 aliphatic carbocycles. The standard InChI is InChI=1S/C23H32NOP/c1-4-23(5-2,19-17-18(3)13-14-21(19)25)26-22-12-8-7-11-20(22)24-15-9-6-10-16-24/h7-8,11-14,17,25-26H,4-6,9-10,15-16H2,1-3H3. The van der Waals surface area contributed by atoms with Gasteiger partial charge in [0.05, 0.1) is 0 Å². The van der Waals surface area contributed by atoms with Crippen LogP contribution >= 0.6 is 8.58 Å². The van der Waals surface area contributed by atoms with Crippen molar-refractivity contribution in [2.45, 2.75) is 58.0 Å². The van der Waals surface area contributed by atoms with Gasteiger partial charge in [-0.25, -0.2) is 0 Å². The van der Waals surface area contributed by atoms with Crippen molar-refractivity contribution in [3.05, 3.63) is 53.6 Å². The predicted molar refractivity (Wildman–Crippen MR) is 116 cm³/mol. The molecule has 1 atom stereocenters. The van der Waals surface area contributed by atoms with Crippen LogP contribution < -0.4 is 10.2 Å². The van der Waals surface area contributed by atoms with E-state index in [-0.39, 0.29) is 5.16 Å². The number of anilines is 1. The summed E-state index contributed by atoms with van der Waals surface area (Å²) in [6.07, 6.45) is 6.01. The van der Waals surface area contributed by atoms with Gasteiger partial charge < -0.3 is 10.0 Å². The maximum absolute atomic E-state index is 10.6. The first-order valence-corrected chi connectivity index (χ1v) is 11.0. The molecule has 0 bridgehead atoms. The van der Waals surface area contributed by atoms with Crippen molar-refractivity contribution in [1.82, 2.24) is 0 Å². The number of aryl methyl sites for hydroxylation is 1. The van der Waals surface area contributed by atoms with Crippen molar-refractivity contribution < 1.29 is 5.11 Å². The van der Waals surface area contributed by atoms with Gasteiger partial charge in [-0.2, -0.15) is 0 Å². The van der Waals surface area contributed by atoms with Gasteiger partial charge in [-0.1, -0.05) is 58.3 Å². The molecule has 1 N–H and O–H groups in total. The average molecular weight is 369 g/mol. The number of nitrogens with zero attached hydrogens (tertiary/aromatic N) is 1. The Morgan fingerprint density at radius 1 is 1.00 bits per heavy atom. The zero-order valence-electron chi connectivity index (χ0n) is 16.4. The Hall–Kier alpha value is -1.53. The normalized spacial score (nSPS) is 15.7. The monoisotopic (exact) mass is 369 g/mol. The second-order valence-electron chi connectivity index (χ2n) is 7.50. The first-order chi connectivity index (χ1) is 12.6. The fourth-order valence-electron chi connectivity index (χ4n) is 4.16. The zero-order valence-corrected chi connectivity index (χ0v) is 17.4. The Morgan fingerprint density at radius 3 is 2.38 bits per heavy atom. The highest BCUT2D eigenvalue weighted by molar-refractivity contribution is 7.49. The lowest BCUT2D eigenvalue weighted by Crippen LogP contribution is -2.33. The molecular formula is C23H32NOP.